The van der Waals surface area contributed by atoms with E-state index in [0.717, 1.165) is 16.1 Å². The van der Waals surface area contributed by atoms with E-state index in [1.807, 2.05) is 60.7 Å². The van der Waals surface area contributed by atoms with Gasteiger partial charge in [-0.1, -0.05) is 60.7 Å². The third-order valence-electron chi connectivity index (χ3n) is 4.26. The van der Waals surface area contributed by atoms with E-state index in [1.54, 1.807) is 12.1 Å². The lowest BCUT2D eigenvalue weighted by Gasteiger charge is -2.44. The van der Waals surface area contributed by atoms with E-state index in [4.69, 9.17) is 4.74 Å². The van der Waals surface area contributed by atoms with Crippen LogP contribution >= 0.6 is 0 Å². The van der Waals surface area contributed by atoms with Crippen molar-refractivity contribution in [2.75, 3.05) is 7.05 Å². The minimum atomic E-state index is -0.636. The number of carbonyl (C=O) groups is 2. The van der Waals surface area contributed by atoms with Crippen LogP contribution in [0.5, 0.6) is 0 Å². The number of amides is 2. The van der Waals surface area contributed by atoms with Gasteiger partial charge in [0.1, 0.15) is 6.10 Å². The Labute approximate surface area is 141 Å². The van der Waals surface area contributed by atoms with E-state index in [9.17, 15) is 9.59 Å². The Hall–Kier alpha value is -2.66. The van der Waals surface area contributed by atoms with Crippen LogP contribution in [0.4, 0.5) is 4.79 Å². The van der Waals surface area contributed by atoms with Gasteiger partial charge in [-0.05, 0) is 17.5 Å². The topological polar surface area (TPSA) is 49.9 Å². The average Bonchev–Trinajstić information content (AvgIpc) is 2.58. The number of hydrogen-bond donors (Lipinski definition) is 0. The van der Waals surface area contributed by atoms with Crippen molar-refractivity contribution < 1.29 is 14.3 Å². The molecule has 2 aromatic rings. The summed E-state index contributed by atoms with van der Waals surface area (Å²) in [6.45, 7) is 1.36. The SMILES string of the molecule is CC(=O)N1C(=O)O[C@@H](c2ccccc2)[C@H](Cc2ccccc2)N1C. The normalized spacial score (nSPS) is 21.4. The highest BCUT2D eigenvalue weighted by Crippen LogP contribution is 2.32. The standard InChI is InChI=1S/C19H20N2O3/c1-14(22)21-19(23)24-18(16-11-7-4-8-12-16)17(20(21)2)13-15-9-5-3-6-10-15/h3-12,17-18H,13H2,1-2H3/t17-,18-/m0/s1. The maximum atomic E-state index is 12.3. The smallest absolute Gasteiger partial charge is 0.432 e. The van der Waals surface area contributed by atoms with Crippen LogP contribution in [0.1, 0.15) is 24.2 Å². The van der Waals surface area contributed by atoms with Crippen molar-refractivity contribution >= 4 is 12.0 Å². The number of ether oxygens (including phenoxy) is 1. The Kier molecular flexibility index (Phi) is 4.62. The lowest BCUT2D eigenvalue weighted by molar-refractivity contribution is -0.162. The van der Waals surface area contributed by atoms with Crippen molar-refractivity contribution in [3.05, 3.63) is 71.8 Å². The number of rotatable bonds is 3. The molecule has 1 heterocycles. The van der Waals surface area contributed by atoms with Crippen molar-refractivity contribution in [3.63, 3.8) is 0 Å². The number of benzene rings is 2. The van der Waals surface area contributed by atoms with Crippen molar-refractivity contribution in [1.82, 2.24) is 10.0 Å². The molecular formula is C19H20N2O3. The van der Waals surface area contributed by atoms with E-state index >= 15 is 0 Å². The zero-order valence-corrected chi connectivity index (χ0v) is 13.8. The molecule has 0 aromatic heterocycles. The summed E-state index contributed by atoms with van der Waals surface area (Å²) in [6.07, 6.45) is -0.406. The van der Waals surface area contributed by atoms with Crippen LogP contribution < -0.4 is 0 Å². The minimum absolute atomic E-state index is 0.170. The summed E-state index contributed by atoms with van der Waals surface area (Å²) in [5.41, 5.74) is 2.04. The van der Waals surface area contributed by atoms with Crippen molar-refractivity contribution in [1.29, 1.82) is 0 Å². The Bertz CT molecular complexity index is 718. The Balaban J connectivity index is 1.96. The van der Waals surface area contributed by atoms with Gasteiger partial charge in [-0.3, -0.25) is 4.79 Å². The van der Waals surface area contributed by atoms with Crippen molar-refractivity contribution in [2.45, 2.75) is 25.5 Å². The zero-order chi connectivity index (χ0) is 17.1. The largest absolute Gasteiger partial charge is 0.438 e. The summed E-state index contributed by atoms with van der Waals surface area (Å²) in [5.74, 6) is -0.355. The second-order valence-electron chi connectivity index (χ2n) is 5.88. The predicted octanol–water partition coefficient (Wildman–Crippen LogP) is 3.18. The van der Waals surface area contributed by atoms with Crippen LogP contribution in [0.25, 0.3) is 0 Å². The highest BCUT2D eigenvalue weighted by Gasteiger charge is 2.42. The van der Waals surface area contributed by atoms with Gasteiger partial charge in [-0.25, -0.2) is 9.80 Å². The fourth-order valence-corrected chi connectivity index (χ4v) is 3.09. The first kappa shape index (κ1) is 16.2. The lowest BCUT2D eigenvalue weighted by atomic mass is 9.95. The van der Waals surface area contributed by atoms with Gasteiger partial charge in [0, 0.05) is 14.0 Å². The van der Waals surface area contributed by atoms with E-state index in [1.165, 1.54) is 6.92 Å². The molecule has 124 valence electrons. The molecular weight excluding hydrogens is 304 g/mol. The number of hydrogen-bond acceptors (Lipinski definition) is 4. The fraction of sp³-hybridized carbons (Fsp3) is 0.263. The van der Waals surface area contributed by atoms with E-state index in [0.29, 0.717) is 6.42 Å². The Morgan fingerprint density at radius 3 is 2.21 bits per heavy atom. The van der Waals surface area contributed by atoms with E-state index in [2.05, 4.69) is 0 Å². The first-order valence-electron chi connectivity index (χ1n) is 7.91. The highest BCUT2D eigenvalue weighted by molar-refractivity contribution is 5.90. The first-order valence-corrected chi connectivity index (χ1v) is 7.91. The second kappa shape index (κ2) is 6.84. The van der Waals surface area contributed by atoms with Gasteiger partial charge in [-0.15, -0.1) is 0 Å². The summed E-state index contributed by atoms with van der Waals surface area (Å²) < 4.78 is 5.63. The lowest BCUT2D eigenvalue weighted by Crippen LogP contribution is -2.59. The maximum Gasteiger partial charge on any atom is 0.432 e. The number of cyclic esters (lactones) is 1. The molecule has 1 saturated heterocycles. The average molecular weight is 324 g/mol. The molecule has 24 heavy (non-hydrogen) atoms. The Morgan fingerprint density at radius 2 is 1.62 bits per heavy atom. The molecule has 0 aliphatic carbocycles. The summed E-state index contributed by atoms with van der Waals surface area (Å²) in [7, 11) is 1.76. The van der Waals surface area contributed by atoms with Crippen LogP contribution in [0, 0.1) is 0 Å². The number of carbonyl (C=O) groups excluding carboxylic acids is 2. The molecule has 2 atom stereocenters. The number of nitrogens with zero attached hydrogens (tertiary/aromatic N) is 2. The molecule has 0 radical (unpaired) electrons. The van der Waals surface area contributed by atoms with Gasteiger partial charge < -0.3 is 4.74 Å². The highest BCUT2D eigenvalue weighted by atomic mass is 16.6. The molecule has 1 aliphatic heterocycles. The van der Waals surface area contributed by atoms with Gasteiger partial charge in [0.2, 0.25) is 5.91 Å². The van der Waals surface area contributed by atoms with Crippen LogP contribution in [-0.4, -0.2) is 35.1 Å². The summed E-state index contributed by atoms with van der Waals surface area (Å²) >= 11 is 0. The third-order valence-corrected chi connectivity index (χ3v) is 4.26. The van der Waals surface area contributed by atoms with Crippen LogP contribution in [0.3, 0.4) is 0 Å². The minimum Gasteiger partial charge on any atom is -0.438 e. The molecule has 2 amide bonds. The second-order valence-corrected chi connectivity index (χ2v) is 5.88. The monoisotopic (exact) mass is 324 g/mol. The maximum absolute atomic E-state index is 12.3. The fourth-order valence-electron chi connectivity index (χ4n) is 3.09. The predicted molar refractivity (Wildman–Crippen MR) is 89.9 cm³/mol. The van der Waals surface area contributed by atoms with E-state index in [-0.39, 0.29) is 11.9 Å². The van der Waals surface area contributed by atoms with Crippen molar-refractivity contribution in [3.8, 4) is 0 Å². The molecule has 1 aliphatic rings. The molecule has 2 aromatic carbocycles. The molecule has 0 bridgehead atoms. The van der Waals surface area contributed by atoms with E-state index < -0.39 is 12.2 Å². The molecule has 0 unspecified atom stereocenters. The van der Waals surface area contributed by atoms with Gasteiger partial charge >= 0.3 is 6.09 Å². The molecule has 0 N–H and O–H groups in total. The number of imide groups is 1. The summed E-state index contributed by atoms with van der Waals surface area (Å²) in [5, 5.41) is 2.76. The molecule has 5 nitrogen and oxygen atoms in total. The zero-order valence-electron chi connectivity index (χ0n) is 13.8. The molecule has 3 rings (SSSR count). The van der Waals surface area contributed by atoms with Crippen LogP contribution in [0.15, 0.2) is 60.7 Å². The summed E-state index contributed by atoms with van der Waals surface area (Å²) in [6, 6.07) is 19.4. The Morgan fingerprint density at radius 1 is 1.04 bits per heavy atom. The van der Waals surface area contributed by atoms with Gasteiger partial charge in [0.05, 0.1) is 6.04 Å². The molecule has 5 heteroatoms. The van der Waals surface area contributed by atoms with Crippen molar-refractivity contribution in [2.24, 2.45) is 0 Å². The first-order chi connectivity index (χ1) is 11.6. The number of hydrazine groups is 1. The third kappa shape index (κ3) is 3.16. The van der Waals surface area contributed by atoms with Gasteiger partial charge in [0.15, 0.2) is 0 Å². The van der Waals surface area contributed by atoms with Crippen LogP contribution in [-0.2, 0) is 16.0 Å². The summed E-state index contributed by atoms with van der Waals surface area (Å²) in [4.78, 5) is 24.1. The number of likely N-dealkylation sites (N-methyl/N-ethyl adjacent to an activating group) is 1. The molecule has 0 saturated carbocycles. The van der Waals surface area contributed by atoms with Crippen LogP contribution in [0.2, 0.25) is 0 Å². The van der Waals surface area contributed by atoms with Gasteiger partial charge in [0.25, 0.3) is 0 Å². The van der Waals surface area contributed by atoms with Gasteiger partial charge in [-0.2, -0.15) is 5.01 Å². The molecule has 0 spiro atoms. The molecule has 1 fully saturated rings. The quantitative estimate of drug-likeness (QED) is 0.870.